The van der Waals surface area contributed by atoms with Crippen molar-refractivity contribution in [3.63, 3.8) is 0 Å². The summed E-state index contributed by atoms with van der Waals surface area (Å²) in [6, 6.07) is 0. The van der Waals surface area contributed by atoms with Crippen LogP contribution in [0.25, 0.3) is 0 Å². The minimum atomic E-state index is -0.534. The fraction of sp³-hybridized carbons (Fsp3) is 0.909. The van der Waals surface area contributed by atoms with Gasteiger partial charge in [0.05, 0.1) is 6.61 Å². The molecule has 0 unspecified atom stereocenters. The van der Waals surface area contributed by atoms with Gasteiger partial charge in [0.15, 0.2) is 0 Å². The molecule has 0 heterocycles. The average Bonchev–Trinajstić information content (AvgIpc) is 1.98. The van der Waals surface area contributed by atoms with Crippen molar-refractivity contribution in [1.29, 1.82) is 0 Å². The fourth-order valence-electron chi connectivity index (χ4n) is 1.02. The maximum atomic E-state index is 11.3. The van der Waals surface area contributed by atoms with Crippen LogP contribution in [0.3, 0.4) is 0 Å². The van der Waals surface area contributed by atoms with Crippen LogP contribution in [0.15, 0.2) is 0 Å². The van der Waals surface area contributed by atoms with Crippen molar-refractivity contribution in [2.24, 2.45) is 10.8 Å². The lowest BCUT2D eigenvalue weighted by atomic mass is 9.77. The number of aliphatic hydroxyl groups excluding tert-OH is 1. The first-order valence-electron chi connectivity index (χ1n) is 4.83. The van der Waals surface area contributed by atoms with Gasteiger partial charge in [-0.3, -0.25) is 4.79 Å². The highest BCUT2D eigenvalue weighted by Crippen LogP contribution is 2.30. The zero-order valence-electron chi connectivity index (χ0n) is 9.48. The lowest BCUT2D eigenvalue weighted by Crippen LogP contribution is -2.31. The molecule has 0 rings (SSSR count). The molecule has 0 fully saturated rings. The van der Waals surface area contributed by atoms with Crippen molar-refractivity contribution in [1.82, 2.24) is 0 Å². The largest absolute Gasteiger partial charge is 0.395 e. The lowest BCUT2D eigenvalue weighted by molar-refractivity contribution is -0.128. The van der Waals surface area contributed by atoms with Gasteiger partial charge < -0.3 is 5.11 Å². The molecule has 0 aliphatic carbocycles. The maximum Gasteiger partial charge on any atom is 0.137 e. The first kappa shape index (κ1) is 12.6. The summed E-state index contributed by atoms with van der Waals surface area (Å²) in [5.74, 6) is 0.0826. The molecule has 0 saturated carbocycles. The quantitative estimate of drug-likeness (QED) is 0.732. The molecular weight excluding hydrogens is 164 g/mol. The van der Waals surface area contributed by atoms with E-state index >= 15 is 0 Å². The Balaban J connectivity index is 4.22. The van der Waals surface area contributed by atoms with Gasteiger partial charge in [-0.25, -0.2) is 0 Å². The summed E-state index contributed by atoms with van der Waals surface area (Å²) >= 11 is 0. The van der Waals surface area contributed by atoms with E-state index in [0.717, 1.165) is 12.8 Å². The van der Waals surface area contributed by atoms with E-state index in [2.05, 4.69) is 20.8 Å². The van der Waals surface area contributed by atoms with Gasteiger partial charge >= 0.3 is 0 Å². The Labute approximate surface area is 81.3 Å². The summed E-state index contributed by atoms with van der Waals surface area (Å²) in [6.45, 7) is 9.78. The second-order valence-electron chi connectivity index (χ2n) is 5.34. The first-order valence-corrected chi connectivity index (χ1v) is 4.83. The third-order valence-corrected chi connectivity index (χ3v) is 2.63. The third-order valence-electron chi connectivity index (χ3n) is 2.63. The van der Waals surface area contributed by atoms with Gasteiger partial charge in [-0.1, -0.05) is 27.7 Å². The second kappa shape index (κ2) is 4.23. The SMILES string of the molecule is CC(=O)[C@](C)(CO)CCC(C)(C)C. The van der Waals surface area contributed by atoms with E-state index in [-0.39, 0.29) is 17.8 Å². The van der Waals surface area contributed by atoms with Crippen molar-refractivity contribution in [3.05, 3.63) is 0 Å². The molecule has 0 aromatic rings. The molecule has 2 heteroatoms. The number of carbonyl (C=O) groups excluding carboxylic acids is 1. The fourth-order valence-corrected chi connectivity index (χ4v) is 1.02. The Morgan fingerprint density at radius 1 is 1.15 bits per heavy atom. The highest BCUT2D eigenvalue weighted by atomic mass is 16.3. The van der Waals surface area contributed by atoms with Crippen LogP contribution in [0.1, 0.15) is 47.5 Å². The van der Waals surface area contributed by atoms with Gasteiger partial charge in [0.1, 0.15) is 5.78 Å². The van der Waals surface area contributed by atoms with Gasteiger partial charge in [-0.05, 0) is 25.2 Å². The summed E-state index contributed by atoms with van der Waals surface area (Å²) in [7, 11) is 0. The zero-order chi connectivity index (χ0) is 10.7. The molecule has 0 radical (unpaired) electrons. The molecular formula is C11H22O2. The molecule has 0 aliphatic rings. The topological polar surface area (TPSA) is 37.3 Å². The molecule has 1 N–H and O–H groups in total. The number of aliphatic hydroxyl groups is 1. The lowest BCUT2D eigenvalue weighted by Gasteiger charge is -2.28. The standard InChI is InChI=1S/C11H22O2/c1-9(13)11(5,8-12)7-6-10(2,3)4/h12H,6-8H2,1-5H3/t11-/m0/s1. The minimum absolute atomic E-state index is 0.0432. The van der Waals surface area contributed by atoms with Crippen molar-refractivity contribution in [2.45, 2.75) is 47.5 Å². The number of hydrogen-bond donors (Lipinski definition) is 1. The van der Waals surface area contributed by atoms with Crippen LogP contribution in [0.4, 0.5) is 0 Å². The number of hydrogen-bond acceptors (Lipinski definition) is 2. The summed E-state index contributed by atoms with van der Waals surface area (Å²) in [5.41, 5.74) is -0.306. The van der Waals surface area contributed by atoms with Crippen LogP contribution in [0, 0.1) is 10.8 Å². The molecule has 13 heavy (non-hydrogen) atoms. The highest BCUT2D eigenvalue weighted by molar-refractivity contribution is 5.81. The molecule has 0 aromatic heterocycles. The van der Waals surface area contributed by atoms with E-state index in [4.69, 9.17) is 5.11 Å². The molecule has 78 valence electrons. The molecule has 0 saturated heterocycles. The maximum absolute atomic E-state index is 11.3. The molecule has 0 bridgehead atoms. The molecule has 0 aliphatic heterocycles. The van der Waals surface area contributed by atoms with Crippen LogP contribution >= 0.6 is 0 Å². The van der Waals surface area contributed by atoms with Crippen molar-refractivity contribution < 1.29 is 9.90 Å². The monoisotopic (exact) mass is 186 g/mol. The van der Waals surface area contributed by atoms with Gasteiger partial charge in [0.2, 0.25) is 0 Å². The van der Waals surface area contributed by atoms with E-state index in [9.17, 15) is 4.79 Å². The van der Waals surface area contributed by atoms with Gasteiger partial charge in [-0.15, -0.1) is 0 Å². The zero-order valence-corrected chi connectivity index (χ0v) is 9.48. The van der Waals surface area contributed by atoms with E-state index in [1.165, 1.54) is 0 Å². The van der Waals surface area contributed by atoms with Gasteiger partial charge in [0.25, 0.3) is 0 Å². The van der Waals surface area contributed by atoms with E-state index in [0.29, 0.717) is 0 Å². The Bertz CT molecular complexity index is 179. The smallest absolute Gasteiger partial charge is 0.137 e. The molecule has 0 aromatic carbocycles. The predicted molar refractivity (Wildman–Crippen MR) is 54.6 cm³/mol. The average molecular weight is 186 g/mol. The van der Waals surface area contributed by atoms with E-state index in [1.807, 2.05) is 6.92 Å². The third kappa shape index (κ3) is 4.41. The molecule has 1 atom stereocenters. The van der Waals surface area contributed by atoms with Crippen molar-refractivity contribution in [3.8, 4) is 0 Å². The van der Waals surface area contributed by atoms with Crippen LogP contribution in [0.5, 0.6) is 0 Å². The van der Waals surface area contributed by atoms with Gasteiger partial charge in [-0.2, -0.15) is 0 Å². The predicted octanol–water partition coefficient (Wildman–Crippen LogP) is 2.40. The highest BCUT2D eigenvalue weighted by Gasteiger charge is 2.30. The number of rotatable bonds is 4. The Morgan fingerprint density at radius 3 is 1.85 bits per heavy atom. The summed E-state index contributed by atoms with van der Waals surface area (Å²) in [5, 5.41) is 9.13. The summed E-state index contributed by atoms with van der Waals surface area (Å²) in [4.78, 5) is 11.3. The molecule has 0 spiro atoms. The van der Waals surface area contributed by atoms with Crippen LogP contribution in [-0.2, 0) is 4.79 Å². The van der Waals surface area contributed by atoms with Crippen LogP contribution in [-0.4, -0.2) is 17.5 Å². The Kier molecular flexibility index (Phi) is 4.11. The van der Waals surface area contributed by atoms with Crippen LogP contribution < -0.4 is 0 Å². The number of carbonyl (C=O) groups is 1. The number of ketones is 1. The molecule has 2 nitrogen and oxygen atoms in total. The Morgan fingerprint density at radius 2 is 1.62 bits per heavy atom. The molecule has 0 amide bonds. The van der Waals surface area contributed by atoms with Crippen molar-refractivity contribution in [2.75, 3.05) is 6.61 Å². The Hall–Kier alpha value is -0.370. The normalized spacial score (nSPS) is 16.8. The van der Waals surface area contributed by atoms with Gasteiger partial charge in [0, 0.05) is 5.41 Å². The first-order chi connectivity index (χ1) is 5.71. The minimum Gasteiger partial charge on any atom is -0.395 e. The number of Topliss-reactive ketones (excluding diaryl/α,β-unsaturated/α-hetero) is 1. The van der Waals surface area contributed by atoms with E-state index in [1.54, 1.807) is 6.92 Å². The second-order valence-corrected chi connectivity index (χ2v) is 5.34. The van der Waals surface area contributed by atoms with E-state index < -0.39 is 5.41 Å². The summed E-state index contributed by atoms with van der Waals surface area (Å²) < 4.78 is 0. The van der Waals surface area contributed by atoms with Crippen molar-refractivity contribution >= 4 is 5.78 Å². The van der Waals surface area contributed by atoms with Crippen LogP contribution in [0.2, 0.25) is 0 Å². The summed E-state index contributed by atoms with van der Waals surface area (Å²) in [6.07, 6.45) is 1.73.